The van der Waals surface area contributed by atoms with E-state index in [4.69, 9.17) is 23.1 Å². The highest BCUT2D eigenvalue weighted by Gasteiger charge is 2.18. The van der Waals surface area contributed by atoms with E-state index in [9.17, 15) is 10.1 Å². The molecule has 0 saturated carbocycles. The van der Waals surface area contributed by atoms with Crippen LogP contribution in [0.1, 0.15) is 0 Å². The lowest BCUT2D eigenvalue weighted by Gasteiger charge is -1.99. The molecule has 1 aromatic heterocycles. The second-order valence-electron chi connectivity index (χ2n) is 2.02. The van der Waals surface area contributed by atoms with Crippen molar-refractivity contribution in [2.24, 2.45) is 0 Å². The molecule has 4 N–H and O–H groups in total. The lowest BCUT2D eigenvalue weighted by atomic mass is 10.4. The third kappa shape index (κ3) is 1.37. The highest BCUT2D eigenvalue weighted by atomic mass is 35.5. The molecule has 1 aromatic rings. The minimum Gasteiger partial charge on any atom is -0.384 e. The third-order valence-electron chi connectivity index (χ3n) is 1.18. The van der Waals surface area contributed by atoms with Gasteiger partial charge in [0.1, 0.15) is 10.8 Å². The average molecular weight is 189 g/mol. The Bertz CT molecular complexity index is 317. The van der Waals surface area contributed by atoms with Crippen molar-refractivity contribution < 1.29 is 4.92 Å². The van der Waals surface area contributed by atoms with Crippen LogP contribution in [0.3, 0.4) is 0 Å². The summed E-state index contributed by atoms with van der Waals surface area (Å²) in [7, 11) is 0. The minimum absolute atomic E-state index is 0.0584. The first-order valence-electron chi connectivity index (χ1n) is 2.88. The van der Waals surface area contributed by atoms with Crippen LogP contribution in [0.15, 0.2) is 6.07 Å². The maximum atomic E-state index is 10.3. The van der Waals surface area contributed by atoms with E-state index in [0.29, 0.717) is 0 Å². The van der Waals surface area contributed by atoms with Gasteiger partial charge < -0.3 is 11.5 Å². The highest BCUT2D eigenvalue weighted by molar-refractivity contribution is 6.33. The van der Waals surface area contributed by atoms with Gasteiger partial charge in [-0.05, 0) is 0 Å². The van der Waals surface area contributed by atoms with Crippen molar-refractivity contribution in [2.45, 2.75) is 0 Å². The van der Waals surface area contributed by atoms with Crippen LogP contribution < -0.4 is 11.5 Å². The summed E-state index contributed by atoms with van der Waals surface area (Å²) >= 11 is 5.49. The molecule has 0 saturated heterocycles. The molecule has 0 aliphatic heterocycles. The van der Waals surface area contributed by atoms with Gasteiger partial charge in [0.25, 0.3) is 0 Å². The smallest absolute Gasteiger partial charge is 0.329 e. The van der Waals surface area contributed by atoms with Crippen LogP contribution in [-0.4, -0.2) is 9.91 Å². The molecular weight excluding hydrogens is 184 g/mol. The Morgan fingerprint density at radius 3 is 2.58 bits per heavy atom. The highest BCUT2D eigenvalue weighted by Crippen LogP contribution is 2.30. The molecule has 1 heterocycles. The molecule has 0 bridgehead atoms. The molecule has 0 aromatic carbocycles. The molecule has 7 heteroatoms. The Labute approximate surface area is 72.3 Å². The summed E-state index contributed by atoms with van der Waals surface area (Å²) in [5.74, 6) is -0.215. The van der Waals surface area contributed by atoms with Crippen molar-refractivity contribution in [3.05, 3.63) is 21.2 Å². The van der Waals surface area contributed by atoms with Crippen molar-refractivity contribution in [3.8, 4) is 0 Å². The number of aromatic nitrogens is 1. The summed E-state index contributed by atoms with van der Waals surface area (Å²) < 4.78 is 0. The summed E-state index contributed by atoms with van der Waals surface area (Å²) in [6.45, 7) is 0. The number of nitro groups is 1. The van der Waals surface area contributed by atoms with Gasteiger partial charge in [-0.2, -0.15) is 0 Å². The summed E-state index contributed by atoms with van der Waals surface area (Å²) in [5.41, 5.74) is 10.0. The first-order valence-corrected chi connectivity index (χ1v) is 3.26. The van der Waals surface area contributed by atoms with E-state index in [1.807, 2.05) is 0 Å². The summed E-state index contributed by atoms with van der Waals surface area (Å²) in [6.07, 6.45) is 0. The van der Waals surface area contributed by atoms with Crippen LogP contribution in [-0.2, 0) is 0 Å². The second kappa shape index (κ2) is 2.82. The lowest BCUT2D eigenvalue weighted by Crippen LogP contribution is -2.01. The maximum Gasteiger partial charge on any atom is 0.329 e. The number of nitrogen functional groups attached to an aromatic ring is 2. The summed E-state index contributed by atoms with van der Waals surface area (Å²) in [6, 6.07) is 1.18. The number of nitrogens with two attached hydrogens (primary N) is 2. The molecule has 64 valence electrons. The average Bonchev–Trinajstić information content (AvgIpc) is 1.82. The van der Waals surface area contributed by atoms with Crippen molar-refractivity contribution in [1.82, 2.24) is 4.98 Å². The van der Waals surface area contributed by atoms with Crippen LogP contribution in [0.2, 0.25) is 5.02 Å². The Balaban J connectivity index is 3.38. The number of hydrogen-bond donors (Lipinski definition) is 2. The second-order valence-corrected chi connectivity index (χ2v) is 2.43. The Hall–Kier alpha value is -1.56. The first-order chi connectivity index (χ1) is 5.52. The van der Waals surface area contributed by atoms with E-state index in [2.05, 4.69) is 4.98 Å². The van der Waals surface area contributed by atoms with Crippen molar-refractivity contribution in [1.29, 1.82) is 0 Å². The van der Waals surface area contributed by atoms with Crippen LogP contribution in [0.5, 0.6) is 0 Å². The van der Waals surface area contributed by atoms with Gasteiger partial charge in [-0.25, -0.2) is 4.98 Å². The summed E-state index contributed by atoms with van der Waals surface area (Å²) in [4.78, 5) is 13.1. The van der Waals surface area contributed by atoms with Crippen LogP contribution in [0.4, 0.5) is 17.3 Å². The van der Waals surface area contributed by atoms with Gasteiger partial charge >= 0.3 is 5.69 Å². The van der Waals surface area contributed by atoms with Crippen molar-refractivity contribution in [2.75, 3.05) is 11.5 Å². The normalized spacial score (nSPS) is 9.75. The molecule has 1 rings (SSSR count). The Morgan fingerprint density at radius 1 is 1.58 bits per heavy atom. The monoisotopic (exact) mass is 188 g/mol. The number of anilines is 2. The quantitative estimate of drug-likeness (QED) is 0.501. The van der Waals surface area contributed by atoms with Gasteiger partial charge in [0.15, 0.2) is 0 Å². The van der Waals surface area contributed by atoms with Crippen molar-refractivity contribution >= 4 is 28.9 Å². The number of halogens is 1. The largest absolute Gasteiger partial charge is 0.384 e. The van der Waals surface area contributed by atoms with Gasteiger partial charge in [0, 0.05) is 6.07 Å². The molecular formula is C5H5ClN4O2. The number of nitrogens with zero attached hydrogens (tertiary/aromatic N) is 2. The van der Waals surface area contributed by atoms with Crippen LogP contribution >= 0.6 is 11.6 Å². The molecule has 0 spiro atoms. The minimum atomic E-state index is -0.704. The van der Waals surface area contributed by atoms with E-state index in [1.165, 1.54) is 6.07 Å². The fraction of sp³-hybridized carbons (Fsp3) is 0. The van der Waals surface area contributed by atoms with Gasteiger partial charge in [0.05, 0.1) is 4.92 Å². The molecule has 0 atom stereocenters. The van der Waals surface area contributed by atoms with Crippen molar-refractivity contribution in [3.63, 3.8) is 0 Å². The standard InChI is InChI=1S/C5H5ClN4O2/c6-2-1-3(7)9-5(8)4(2)10(11)12/h1H,(H4,7,8,9). The molecule has 0 aliphatic rings. The topological polar surface area (TPSA) is 108 Å². The van der Waals surface area contributed by atoms with E-state index in [1.54, 1.807) is 0 Å². The zero-order valence-corrected chi connectivity index (χ0v) is 6.58. The van der Waals surface area contributed by atoms with Crippen LogP contribution in [0.25, 0.3) is 0 Å². The maximum absolute atomic E-state index is 10.3. The van der Waals surface area contributed by atoms with E-state index >= 15 is 0 Å². The predicted octanol–water partition coefficient (Wildman–Crippen LogP) is 0.808. The SMILES string of the molecule is Nc1cc(Cl)c([N+](=O)[O-])c(N)n1. The molecule has 6 nitrogen and oxygen atoms in total. The zero-order chi connectivity index (χ0) is 9.30. The van der Waals surface area contributed by atoms with E-state index in [0.717, 1.165) is 0 Å². The van der Waals surface area contributed by atoms with Crippen LogP contribution in [0, 0.1) is 10.1 Å². The molecule has 12 heavy (non-hydrogen) atoms. The molecule has 0 fully saturated rings. The van der Waals surface area contributed by atoms with Gasteiger partial charge in [-0.3, -0.25) is 10.1 Å². The van der Waals surface area contributed by atoms with Gasteiger partial charge in [-0.15, -0.1) is 0 Å². The van der Waals surface area contributed by atoms with Gasteiger partial charge in [0.2, 0.25) is 5.82 Å². The lowest BCUT2D eigenvalue weighted by molar-refractivity contribution is -0.384. The van der Waals surface area contributed by atoms with E-state index < -0.39 is 10.6 Å². The third-order valence-corrected chi connectivity index (χ3v) is 1.46. The molecule has 0 radical (unpaired) electrons. The summed E-state index contributed by atoms with van der Waals surface area (Å²) in [5, 5.41) is 10.2. The first kappa shape index (κ1) is 8.54. The Kier molecular flexibility index (Phi) is 2.01. The Morgan fingerprint density at radius 2 is 2.17 bits per heavy atom. The fourth-order valence-corrected chi connectivity index (χ4v) is 1.00. The number of hydrogen-bond acceptors (Lipinski definition) is 5. The fourth-order valence-electron chi connectivity index (χ4n) is 0.726. The molecule has 0 aliphatic carbocycles. The zero-order valence-electron chi connectivity index (χ0n) is 5.82. The van der Waals surface area contributed by atoms with Gasteiger partial charge in [-0.1, -0.05) is 11.6 Å². The van der Waals surface area contributed by atoms with E-state index in [-0.39, 0.29) is 16.7 Å². The number of rotatable bonds is 1. The predicted molar refractivity (Wildman–Crippen MR) is 44.7 cm³/mol. The number of pyridine rings is 1. The molecule has 0 amide bonds. The molecule has 0 unspecified atom stereocenters.